The molecule has 1 saturated carbocycles. The van der Waals surface area contributed by atoms with Crippen LogP contribution in [-0.4, -0.2) is 37.0 Å². The fourth-order valence-electron chi connectivity index (χ4n) is 5.09. The molecule has 2 aliphatic rings. The second kappa shape index (κ2) is 7.43. The molecule has 0 amide bonds. The van der Waals surface area contributed by atoms with E-state index in [0.29, 0.717) is 29.1 Å². The Hall–Kier alpha value is -3.22. The summed E-state index contributed by atoms with van der Waals surface area (Å²) in [6, 6.07) is 8.13. The van der Waals surface area contributed by atoms with Gasteiger partial charge in [0.25, 0.3) is 0 Å². The van der Waals surface area contributed by atoms with E-state index in [4.69, 9.17) is 5.10 Å². The van der Waals surface area contributed by atoms with Gasteiger partial charge in [-0.15, -0.1) is 0 Å². The molecule has 4 aromatic rings. The average Bonchev–Trinajstić information content (AvgIpc) is 3.58. The van der Waals surface area contributed by atoms with E-state index in [-0.39, 0.29) is 5.03 Å². The predicted molar refractivity (Wildman–Crippen MR) is 118 cm³/mol. The van der Waals surface area contributed by atoms with Crippen LogP contribution in [0.15, 0.2) is 52.9 Å². The molecule has 1 N–H and O–H groups in total. The number of nitrogens with one attached hydrogen (secondary N) is 1. The number of nitrogens with zero attached hydrogens (tertiary/aromatic N) is 6. The van der Waals surface area contributed by atoms with Crippen LogP contribution in [0.1, 0.15) is 30.1 Å². The molecule has 5 heterocycles. The summed E-state index contributed by atoms with van der Waals surface area (Å²) in [7, 11) is 0. The van der Waals surface area contributed by atoms with Crippen molar-refractivity contribution in [1.29, 1.82) is 5.26 Å². The van der Waals surface area contributed by atoms with Gasteiger partial charge in [-0.3, -0.25) is 4.68 Å². The minimum Gasteiger partial charge on any atom is -0.314 e. The van der Waals surface area contributed by atoms with Crippen LogP contribution in [0.3, 0.4) is 0 Å². The van der Waals surface area contributed by atoms with Crippen molar-refractivity contribution in [3.05, 3.63) is 60.1 Å². The molecular formula is C23H20FN7S. The summed E-state index contributed by atoms with van der Waals surface area (Å²) in [6.07, 6.45) is 9.23. The summed E-state index contributed by atoms with van der Waals surface area (Å²) < 4.78 is 18.2. The van der Waals surface area contributed by atoms with Crippen LogP contribution in [0.25, 0.3) is 16.6 Å². The van der Waals surface area contributed by atoms with Crippen molar-refractivity contribution in [2.45, 2.75) is 41.8 Å². The van der Waals surface area contributed by atoms with Crippen molar-refractivity contribution in [3.63, 3.8) is 0 Å². The summed E-state index contributed by atoms with van der Waals surface area (Å²) in [5, 5.41) is 22.5. The zero-order valence-corrected chi connectivity index (χ0v) is 18.2. The van der Waals surface area contributed by atoms with Gasteiger partial charge in [-0.2, -0.15) is 15.5 Å². The molecule has 9 heteroatoms. The highest BCUT2D eigenvalue weighted by atomic mass is 32.2. The van der Waals surface area contributed by atoms with Gasteiger partial charge < -0.3 is 5.32 Å². The van der Waals surface area contributed by atoms with Gasteiger partial charge in [0.1, 0.15) is 11.1 Å². The van der Waals surface area contributed by atoms with E-state index in [1.54, 1.807) is 16.8 Å². The van der Waals surface area contributed by atoms with Gasteiger partial charge in [-0.1, -0.05) is 11.8 Å². The average molecular weight is 446 g/mol. The molecule has 2 unspecified atom stereocenters. The maximum absolute atomic E-state index is 14.3. The van der Waals surface area contributed by atoms with Gasteiger partial charge >= 0.3 is 0 Å². The number of hydrogen-bond donors (Lipinski definition) is 1. The molecule has 2 fully saturated rings. The van der Waals surface area contributed by atoms with Gasteiger partial charge in [0.15, 0.2) is 5.82 Å². The Kier molecular flexibility index (Phi) is 4.52. The molecule has 0 aromatic carbocycles. The molecule has 1 aliphatic carbocycles. The van der Waals surface area contributed by atoms with Crippen molar-refractivity contribution in [3.8, 4) is 17.2 Å². The molecule has 32 heavy (non-hydrogen) atoms. The molecule has 160 valence electrons. The monoisotopic (exact) mass is 445 g/mol. The Labute approximate surface area is 188 Å². The van der Waals surface area contributed by atoms with Crippen LogP contribution in [0.2, 0.25) is 0 Å². The van der Waals surface area contributed by atoms with E-state index < -0.39 is 5.82 Å². The molecule has 0 radical (unpaired) electrons. The van der Waals surface area contributed by atoms with Crippen molar-refractivity contribution in [1.82, 2.24) is 29.7 Å². The number of nitriles is 1. The van der Waals surface area contributed by atoms with E-state index >= 15 is 0 Å². The van der Waals surface area contributed by atoms with Crippen LogP contribution in [0, 0.1) is 30.0 Å². The lowest BCUT2D eigenvalue weighted by Crippen LogP contribution is -2.31. The minimum atomic E-state index is -0.395. The van der Waals surface area contributed by atoms with Crippen molar-refractivity contribution in [2.24, 2.45) is 5.92 Å². The van der Waals surface area contributed by atoms with E-state index in [0.717, 1.165) is 34.7 Å². The number of aromatic nitrogens is 5. The number of fused-ring (bicyclic) bond motifs is 3. The Balaban J connectivity index is 1.45. The Morgan fingerprint density at radius 3 is 2.94 bits per heavy atom. The third-order valence-corrected chi connectivity index (χ3v) is 7.65. The molecule has 7 nitrogen and oxygen atoms in total. The van der Waals surface area contributed by atoms with Gasteiger partial charge in [0, 0.05) is 46.7 Å². The lowest BCUT2D eigenvalue weighted by atomic mass is 10.0. The van der Waals surface area contributed by atoms with Gasteiger partial charge in [0.05, 0.1) is 29.5 Å². The molecule has 1 aliphatic heterocycles. The van der Waals surface area contributed by atoms with E-state index in [1.165, 1.54) is 30.4 Å². The second-order valence-corrected chi connectivity index (χ2v) is 9.47. The summed E-state index contributed by atoms with van der Waals surface area (Å²) in [6.45, 7) is 3.15. The number of piperidine rings is 1. The van der Waals surface area contributed by atoms with E-state index in [1.807, 2.05) is 18.5 Å². The van der Waals surface area contributed by atoms with Gasteiger partial charge in [0.2, 0.25) is 0 Å². The largest absolute Gasteiger partial charge is 0.314 e. The van der Waals surface area contributed by atoms with E-state index in [9.17, 15) is 9.65 Å². The second-order valence-electron chi connectivity index (χ2n) is 8.44. The molecule has 4 aromatic heterocycles. The third-order valence-electron chi connectivity index (χ3n) is 6.62. The number of hydrogen-bond acceptors (Lipinski definition) is 6. The molecule has 1 saturated heterocycles. The Bertz CT molecular complexity index is 1390. The van der Waals surface area contributed by atoms with E-state index in [2.05, 4.69) is 33.1 Å². The number of pyridine rings is 2. The first-order valence-electron chi connectivity index (χ1n) is 10.6. The fourth-order valence-corrected chi connectivity index (χ4v) is 6.06. The van der Waals surface area contributed by atoms with Crippen molar-refractivity contribution < 1.29 is 4.39 Å². The predicted octanol–water partition coefficient (Wildman–Crippen LogP) is 3.99. The van der Waals surface area contributed by atoms with Gasteiger partial charge in [-0.25, -0.2) is 13.9 Å². The summed E-state index contributed by atoms with van der Waals surface area (Å²) in [5.74, 6) is 0.226. The summed E-state index contributed by atoms with van der Waals surface area (Å²) in [5.41, 5.74) is 4.14. The zero-order chi connectivity index (χ0) is 21.8. The van der Waals surface area contributed by atoms with Crippen molar-refractivity contribution >= 4 is 17.3 Å². The molecule has 2 bridgehead atoms. The zero-order valence-electron chi connectivity index (χ0n) is 17.4. The maximum atomic E-state index is 14.3. The fraction of sp³-hybridized carbons (Fsp3) is 0.304. The lowest BCUT2D eigenvalue weighted by Gasteiger charge is -2.24. The molecule has 0 spiro atoms. The van der Waals surface area contributed by atoms with Crippen LogP contribution in [-0.2, 0) is 0 Å². The number of halogens is 1. The highest BCUT2D eigenvalue weighted by Gasteiger charge is 2.41. The highest BCUT2D eigenvalue weighted by Crippen LogP contribution is 2.42. The molecular weight excluding hydrogens is 425 g/mol. The van der Waals surface area contributed by atoms with Gasteiger partial charge in [-0.05, 0) is 43.9 Å². The molecule has 3 atom stereocenters. The first-order chi connectivity index (χ1) is 15.6. The smallest absolute Gasteiger partial charge is 0.155 e. The van der Waals surface area contributed by atoms with Crippen LogP contribution in [0.4, 0.5) is 4.39 Å². The SMILES string of the molecule is Cc1c(-c2cc(Sc3ncccc3F)c3c(C#N)cnn3c2)cnn1[C@H]1CC2CC1CN2. The topological polar surface area (TPSA) is 83.8 Å². The van der Waals surface area contributed by atoms with Crippen LogP contribution < -0.4 is 5.32 Å². The van der Waals surface area contributed by atoms with Crippen LogP contribution in [0.5, 0.6) is 0 Å². The van der Waals surface area contributed by atoms with Crippen molar-refractivity contribution in [2.75, 3.05) is 6.54 Å². The maximum Gasteiger partial charge on any atom is 0.155 e. The minimum absolute atomic E-state index is 0.263. The normalized spacial score (nSPS) is 22.0. The lowest BCUT2D eigenvalue weighted by molar-refractivity contribution is 0.317. The molecule has 6 rings (SSSR count). The Morgan fingerprint density at radius 2 is 2.19 bits per heavy atom. The van der Waals surface area contributed by atoms with Crippen LogP contribution >= 0.6 is 11.8 Å². The first-order valence-corrected chi connectivity index (χ1v) is 11.4. The highest BCUT2D eigenvalue weighted by molar-refractivity contribution is 7.99. The summed E-state index contributed by atoms with van der Waals surface area (Å²) >= 11 is 1.20. The first kappa shape index (κ1) is 19.5. The number of rotatable bonds is 4. The summed E-state index contributed by atoms with van der Waals surface area (Å²) in [4.78, 5) is 4.90. The quantitative estimate of drug-likeness (QED) is 0.511. The standard InChI is InChI=1S/C23H20FN7S/c1-13-18(11-29-31(13)20-7-17-5-14(20)9-27-17)15-6-21(32-23-19(24)3-2-4-26-23)22-16(8-25)10-28-30(22)12-15/h2-4,6,10-12,14,17,20,27H,5,7,9H2,1H3/t14?,17?,20-/m0/s1. The third kappa shape index (κ3) is 3.02. The Morgan fingerprint density at radius 1 is 1.28 bits per heavy atom.